The number of methoxy groups -OCH3 is 1. The third-order valence-corrected chi connectivity index (χ3v) is 1.85. The van der Waals surface area contributed by atoms with Gasteiger partial charge in [0.05, 0.1) is 7.11 Å². The Morgan fingerprint density at radius 3 is 1.90 bits per heavy atom. The fourth-order valence-corrected chi connectivity index (χ4v) is 1.24. The van der Waals surface area contributed by atoms with Gasteiger partial charge in [-0.25, -0.2) is 0 Å². The van der Waals surface area contributed by atoms with Crippen molar-refractivity contribution in [2.75, 3.05) is 7.11 Å². The first-order valence-electron chi connectivity index (χ1n) is 2.89. The van der Waals surface area contributed by atoms with E-state index in [0.717, 1.165) is 0 Å². The van der Waals surface area contributed by atoms with Crippen LogP contribution in [0.4, 0.5) is 0 Å². The van der Waals surface area contributed by atoms with Crippen molar-refractivity contribution in [3.05, 3.63) is 6.04 Å². The molecule has 10 heavy (non-hydrogen) atoms. The topological polar surface area (TPSA) is 26.3 Å². The van der Waals surface area contributed by atoms with E-state index in [1.54, 1.807) is 6.04 Å². The second-order valence-corrected chi connectivity index (χ2v) is 8.05. The van der Waals surface area contributed by atoms with Crippen LogP contribution >= 0.6 is 0 Å². The van der Waals surface area contributed by atoms with Crippen LogP contribution in [-0.2, 0) is 9.53 Å². The van der Waals surface area contributed by atoms with E-state index in [1.807, 2.05) is 0 Å². The molecule has 0 atom stereocenters. The fraction of sp³-hybridized carbons (Fsp3) is 0.667. The standard InChI is InChI=1S/C6H13O2Si.Li/c1-8-6(7)5-9(2,3)4;/h5H,1-4H3;/q-1;+1. The second kappa shape index (κ2) is 4.89. The molecule has 0 saturated heterocycles. The molecule has 0 spiro atoms. The molecule has 0 unspecified atom stereocenters. The van der Waals surface area contributed by atoms with Crippen molar-refractivity contribution in [1.82, 2.24) is 0 Å². The van der Waals surface area contributed by atoms with Gasteiger partial charge in [0, 0.05) is 0 Å². The average Bonchev–Trinajstić information content (AvgIpc) is 1.62. The molecule has 0 aromatic rings. The van der Waals surface area contributed by atoms with Crippen molar-refractivity contribution in [3.8, 4) is 0 Å². The van der Waals surface area contributed by atoms with E-state index in [-0.39, 0.29) is 24.8 Å². The van der Waals surface area contributed by atoms with Crippen LogP contribution in [0, 0.1) is 6.04 Å². The molecule has 0 bridgehead atoms. The molecule has 0 aromatic carbocycles. The Balaban J connectivity index is 0. The van der Waals surface area contributed by atoms with Gasteiger partial charge in [0.1, 0.15) is 0 Å². The third-order valence-electron chi connectivity index (χ3n) is 0.752. The quantitative estimate of drug-likeness (QED) is 0.266. The average molecular weight is 152 g/mol. The van der Waals surface area contributed by atoms with Crippen LogP contribution in [0.3, 0.4) is 0 Å². The molecule has 0 radical (unpaired) electrons. The molecule has 0 heterocycles. The van der Waals surface area contributed by atoms with Gasteiger partial charge in [-0.1, -0.05) is 27.7 Å². The smallest absolute Gasteiger partial charge is 0.491 e. The summed E-state index contributed by atoms with van der Waals surface area (Å²) in [7, 11) is 0.0610. The molecule has 0 rings (SSSR count). The van der Waals surface area contributed by atoms with Crippen molar-refractivity contribution < 1.29 is 28.4 Å². The molecule has 2 nitrogen and oxygen atoms in total. The van der Waals surface area contributed by atoms with Gasteiger partial charge in [-0.3, -0.25) is 10.8 Å². The summed E-state index contributed by atoms with van der Waals surface area (Å²) in [6.45, 7) is 6.26. The maximum absolute atomic E-state index is 10.6. The summed E-state index contributed by atoms with van der Waals surface area (Å²) in [6, 6.07) is 1.69. The summed E-state index contributed by atoms with van der Waals surface area (Å²) in [5, 5.41) is 0. The number of ether oxygens (including phenoxy) is 1. The second-order valence-electron chi connectivity index (χ2n) is 3.03. The van der Waals surface area contributed by atoms with Gasteiger partial charge < -0.3 is 4.74 Å². The molecule has 0 aliphatic rings. The third kappa shape index (κ3) is 8.15. The zero-order valence-corrected chi connectivity index (χ0v) is 8.39. The Morgan fingerprint density at radius 1 is 1.40 bits per heavy atom. The van der Waals surface area contributed by atoms with Gasteiger partial charge >= 0.3 is 18.9 Å². The summed E-state index contributed by atoms with van der Waals surface area (Å²) in [6.07, 6.45) is 0. The van der Waals surface area contributed by atoms with Crippen LogP contribution in [0.1, 0.15) is 0 Å². The molecular weight excluding hydrogens is 139 g/mol. The SMILES string of the molecule is COC(=O)[CH-][Si](C)(C)C.[Li+]. The maximum atomic E-state index is 10.6. The predicted molar refractivity (Wildman–Crippen MR) is 39.7 cm³/mol. The molecule has 0 N–H and O–H groups in total. The number of carbonyl (C=O) groups is 1. The molecule has 0 aliphatic carbocycles. The minimum atomic E-state index is -1.34. The van der Waals surface area contributed by atoms with E-state index >= 15 is 0 Å². The normalized spacial score (nSPS) is 9.60. The number of hydrogen-bond acceptors (Lipinski definition) is 2. The van der Waals surface area contributed by atoms with Gasteiger partial charge in [-0.2, -0.15) is 0 Å². The molecule has 0 saturated carbocycles. The van der Waals surface area contributed by atoms with E-state index in [0.29, 0.717) is 0 Å². The Labute approximate surface area is 75.5 Å². The minimum absolute atomic E-state index is 0. The maximum Gasteiger partial charge on any atom is 1.00 e. The summed E-state index contributed by atoms with van der Waals surface area (Å²) in [4.78, 5) is 10.6. The van der Waals surface area contributed by atoms with Gasteiger partial charge in [0.25, 0.3) is 0 Å². The van der Waals surface area contributed by atoms with E-state index in [4.69, 9.17) is 0 Å². The van der Waals surface area contributed by atoms with Gasteiger partial charge in [0.2, 0.25) is 0 Å². The summed E-state index contributed by atoms with van der Waals surface area (Å²) >= 11 is 0. The summed E-state index contributed by atoms with van der Waals surface area (Å²) < 4.78 is 4.47. The number of hydrogen-bond donors (Lipinski definition) is 0. The molecule has 0 amide bonds. The largest absolute Gasteiger partial charge is 1.00 e. The van der Waals surface area contributed by atoms with Crippen molar-refractivity contribution in [2.45, 2.75) is 19.6 Å². The van der Waals surface area contributed by atoms with E-state index in [1.165, 1.54) is 7.11 Å². The monoisotopic (exact) mass is 152 g/mol. The van der Waals surface area contributed by atoms with Crippen molar-refractivity contribution in [2.24, 2.45) is 0 Å². The van der Waals surface area contributed by atoms with Crippen LogP contribution < -0.4 is 18.9 Å². The molecule has 0 aromatic heterocycles. The zero-order chi connectivity index (χ0) is 7.49. The Bertz CT molecular complexity index is 109. The first-order valence-corrected chi connectivity index (χ1v) is 6.47. The van der Waals surface area contributed by atoms with Crippen LogP contribution in [0.5, 0.6) is 0 Å². The van der Waals surface area contributed by atoms with Crippen molar-refractivity contribution in [3.63, 3.8) is 0 Å². The Hall–Kier alpha value is 0.154. The Morgan fingerprint density at radius 2 is 1.80 bits per heavy atom. The number of carbonyl (C=O) groups excluding carboxylic acids is 1. The summed E-state index contributed by atoms with van der Waals surface area (Å²) in [5.41, 5.74) is 0. The van der Waals surface area contributed by atoms with E-state index < -0.39 is 8.07 Å². The van der Waals surface area contributed by atoms with Crippen LogP contribution in [0.25, 0.3) is 0 Å². The van der Waals surface area contributed by atoms with Crippen LogP contribution in [0.15, 0.2) is 0 Å². The minimum Gasteiger partial charge on any atom is -0.491 e. The molecule has 0 aliphatic heterocycles. The summed E-state index contributed by atoms with van der Waals surface area (Å²) in [5.74, 6) is -0.200. The molecule has 54 valence electrons. The van der Waals surface area contributed by atoms with E-state index in [9.17, 15) is 4.79 Å². The van der Waals surface area contributed by atoms with Crippen molar-refractivity contribution >= 4 is 14.0 Å². The molecule has 0 fully saturated rings. The first kappa shape index (κ1) is 12.8. The molecule has 4 heteroatoms. The van der Waals surface area contributed by atoms with Crippen LogP contribution in [0.2, 0.25) is 19.6 Å². The molecular formula is C6H13LiO2Si. The Kier molecular flexibility index (Phi) is 6.26. The van der Waals surface area contributed by atoms with Gasteiger partial charge in [0.15, 0.2) is 5.97 Å². The van der Waals surface area contributed by atoms with Gasteiger partial charge in [-0.05, 0) is 0 Å². The van der Waals surface area contributed by atoms with Crippen molar-refractivity contribution in [1.29, 1.82) is 0 Å². The fourth-order valence-electron chi connectivity index (χ4n) is 0.412. The number of esters is 1. The predicted octanol–water partition coefficient (Wildman–Crippen LogP) is -1.75. The number of rotatable bonds is 2. The van der Waals surface area contributed by atoms with Gasteiger partial charge in [-0.15, -0.1) is 0 Å². The van der Waals surface area contributed by atoms with E-state index in [2.05, 4.69) is 24.4 Å². The van der Waals surface area contributed by atoms with Crippen LogP contribution in [-0.4, -0.2) is 21.2 Å². The zero-order valence-electron chi connectivity index (χ0n) is 7.39. The first-order chi connectivity index (χ1) is 3.95.